The number of hydrogen-bond acceptors (Lipinski definition) is 4. The molecule has 0 heterocycles. The Morgan fingerprint density at radius 2 is 1.77 bits per heavy atom. The first kappa shape index (κ1) is 16.5. The van der Waals surface area contributed by atoms with Crippen molar-refractivity contribution in [1.29, 1.82) is 0 Å². The van der Waals surface area contributed by atoms with Gasteiger partial charge in [0.25, 0.3) is 0 Å². The van der Waals surface area contributed by atoms with Gasteiger partial charge >= 0.3 is 5.97 Å². The minimum absolute atomic E-state index is 0.248. The summed E-state index contributed by atoms with van der Waals surface area (Å²) in [5.74, 6) is -0.0465. The highest BCUT2D eigenvalue weighted by Crippen LogP contribution is 2.13. The van der Waals surface area contributed by atoms with E-state index in [1.165, 1.54) is 0 Å². The molecule has 0 aliphatic heterocycles. The zero-order valence-electron chi connectivity index (χ0n) is 12.0. The van der Waals surface area contributed by atoms with E-state index in [2.05, 4.69) is 22.6 Å². The molecular formula is C17H15IO4. The van der Waals surface area contributed by atoms with Gasteiger partial charge in [-0.05, 0) is 72.0 Å². The fourth-order valence-electron chi connectivity index (χ4n) is 1.82. The van der Waals surface area contributed by atoms with E-state index < -0.39 is 5.97 Å². The topological polar surface area (TPSA) is 52.6 Å². The van der Waals surface area contributed by atoms with Crippen molar-refractivity contribution in [3.63, 3.8) is 0 Å². The number of halogens is 1. The van der Waals surface area contributed by atoms with Gasteiger partial charge in [-0.15, -0.1) is 0 Å². The molecule has 0 aromatic heterocycles. The number of ether oxygens (including phenoxy) is 2. The number of rotatable bonds is 6. The molecule has 0 aliphatic carbocycles. The van der Waals surface area contributed by atoms with Crippen LogP contribution in [0.5, 0.6) is 5.75 Å². The lowest BCUT2D eigenvalue weighted by atomic mass is 10.1. The first-order chi connectivity index (χ1) is 10.6. The largest absolute Gasteiger partial charge is 0.494 e. The van der Waals surface area contributed by atoms with E-state index in [1.807, 2.05) is 13.0 Å². The highest BCUT2D eigenvalue weighted by Gasteiger charge is 2.12. The molecule has 0 spiro atoms. The van der Waals surface area contributed by atoms with E-state index >= 15 is 0 Å². The van der Waals surface area contributed by atoms with Gasteiger partial charge in [0.1, 0.15) is 5.75 Å². The lowest BCUT2D eigenvalue weighted by Gasteiger charge is -2.06. The van der Waals surface area contributed by atoms with Crippen molar-refractivity contribution < 1.29 is 19.1 Å². The van der Waals surface area contributed by atoms with Crippen molar-refractivity contribution in [3.8, 4) is 5.75 Å². The molecule has 0 unspecified atom stereocenters. The minimum atomic E-state index is -0.502. The maximum Gasteiger partial charge on any atom is 0.338 e. The second-order valence-corrected chi connectivity index (χ2v) is 5.71. The number of carbonyl (C=O) groups excluding carboxylic acids is 2. The van der Waals surface area contributed by atoms with Gasteiger partial charge in [0.15, 0.2) is 12.4 Å². The van der Waals surface area contributed by atoms with Crippen LogP contribution >= 0.6 is 22.6 Å². The molecule has 2 rings (SSSR count). The Morgan fingerprint density at radius 3 is 2.41 bits per heavy atom. The van der Waals surface area contributed by atoms with Crippen molar-refractivity contribution in [1.82, 2.24) is 0 Å². The summed E-state index contributed by atoms with van der Waals surface area (Å²) in [5, 5.41) is 0. The van der Waals surface area contributed by atoms with Gasteiger partial charge in [0.05, 0.1) is 12.2 Å². The summed E-state index contributed by atoms with van der Waals surface area (Å²) in [4.78, 5) is 23.9. The second kappa shape index (κ2) is 7.93. The Hall–Kier alpha value is -1.89. The molecular weight excluding hydrogens is 395 g/mol. The standard InChI is InChI=1S/C17H15IO4/c1-2-21-15-8-6-12(7-9-15)16(19)11-22-17(20)13-4-3-5-14(18)10-13/h3-10H,2,11H2,1H3. The zero-order chi connectivity index (χ0) is 15.9. The van der Waals surface area contributed by atoms with Crippen molar-refractivity contribution >= 4 is 34.3 Å². The van der Waals surface area contributed by atoms with Gasteiger partial charge in [0.2, 0.25) is 0 Å². The summed E-state index contributed by atoms with van der Waals surface area (Å²) >= 11 is 2.11. The molecule has 5 heteroatoms. The molecule has 0 bridgehead atoms. The number of carbonyl (C=O) groups is 2. The molecule has 0 aliphatic rings. The summed E-state index contributed by atoms with van der Waals surface area (Å²) < 4.78 is 11.3. The molecule has 4 nitrogen and oxygen atoms in total. The SMILES string of the molecule is CCOc1ccc(C(=O)COC(=O)c2cccc(I)c2)cc1. The van der Waals surface area contributed by atoms with Gasteiger partial charge in [-0.25, -0.2) is 4.79 Å². The highest BCUT2D eigenvalue weighted by molar-refractivity contribution is 14.1. The number of ketones is 1. The summed E-state index contributed by atoms with van der Waals surface area (Å²) in [6, 6.07) is 13.8. The summed E-state index contributed by atoms with van der Waals surface area (Å²) in [6.45, 7) is 2.18. The van der Waals surface area contributed by atoms with E-state index in [-0.39, 0.29) is 12.4 Å². The average Bonchev–Trinajstić information content (AvgIpc) is 2.53. The van der Waals surface area contributed by atoms with Gasteiger partial charge in [-0.2, -0.15) is 0 Å². The van der Waals surface area contributed by atoms with Crippen LogP contribution in [0.25, 0.3) is 0 Å². The van der Waals surface area contributed by atoms with Crippen LogP contribution in [0, 0.1) is 3.57 Å². The third kappa shape index (κ3) is 4.56. The number of benzene rings is 2. The Balaban J connectivity index is 1.93. The van der Waals surface area contributed by atoms with Gasteiger partial charge in [0, 0.05) is 9.13 Å². The van der Waals surface area contributed by atoms with Crippen LogP contribution < -0.4 is 4.74 Å². The molecule has 0 atom stereocenters. The van der Waals surface area contributed by atoms with Crippen LogP contribution in [-0.2, 0) is 4.74 Å². The smallest absolute Gasteiger partial charge is 0.338 e. The maximum atomic E-state index is 12.0. The minimum Gasteiger partial charge on any atom is -0.494 e. The molecule has 0 fully saturated rings. The molecule has 2 aromatic carbocycles. The van der Waals surface area contributed by atoms with Gasteiger partial charge in [-0.3, -0.25) is 4.79 Å². The van der Waals surface area contributed by atoms with Crippen LogP contribution in [0.2, 0.25) is 0 Å². The third-order valence-corrected chi connectivity index (χ3v) is 3.55. The Labute approximate surface area is 142 Å². The third-order valence-electron chi connectivity index (χ3n) is 2.88. The Kier molecular flexibility index (Phi) is 5.94. The second-order valence-electron chi connectivity index (χ2n) is 4.47. The van der Waals surface area contributed by atoms with Crippen LogP contribution in [-0.4, -0.2) is 25.0 Å². The highest BCUT2D eigenvalue weighted by atomic mass is 127. The van der Waals surface area contributed by atoms with Crippen molar-refractivity contribution in [2.45, 2.75) is 6.92 Å². The van der Waals surface area contributed by atoms with Crippen LogP contribution in [0.3, 0.4) is 0 Å². The average molecular weight is 410 g/mol. The fourth-order valence-corrected chi connectivity index (χ4v) is 2.36. The Bertz CT molecular complexity index is 665. The number of esters is 1. The first-order valence-corrected chi connectivity index (χ1v) is 7.86. The predicted octanol–water partition coefficient (Wildman–Crippen LogP) is 3.73. The molecule has 114 valence electrons. The van der Waals surface area contributed by atoms with Gasteiger partial charge in [-0.1, -0.05) is 6.07 Å². The number of hydrogen-bond donors (Lipinski definition) is 0. The lowest BCUT2D eigenvalue weighted by molar-refractivity contribution is 0.0474. The van der Waals surface area contributed by atoms with Crippen molar-refractivity contribution in [3.05, 3.63) is 63.2 Å². The van der Waals surface area contributed by atoms with Crippen LogP contribution in [0.15, 0.2) is 48.5 Å². The van der Waals surface area contributed by atoms with Crippen LogP contribution in [0.1, 0.15) is 27.6 Å². The van der Waals surface area contributed by atoms with Crippen molar-refractivity contribution in [2.24, 2.45) is 0 Å². The van der Waals surface area contributed by atoms with E-state index in [4.69, 9.17) is 9.47 Å². The molecule has 0 N–H and O–H groups in total. The van der Waals surface area contributed by atoms with E-state index in [0.717, 1.165) is 3.57 Å². The fraction of sp³-hybridized carbons (Fsp3) is 0.176. The van der Waals surface area contributed by atoms with Gasteiger partial charge < -0.3 is 9.47 Å². The van der Waals surface area contributed by atoms with E-state index in [0.29, 0.717) is 23.5 Å². The predicted molar refractivity (Wildman–Crippen MR) is 91.4 cm³/mol. The molecule has 0 saturated heterocycles. The van der Waals surface area contributed by atoms with Crippen LogP contribution in [0.4, 0.5) is 0 Å². The summed E-state index contributed by atoms with van der Waals surface area (Å²) in [6.07, 6.45) is 0. The monoisotopic (exact) mass is 410 g/mol. The summed E-state index contributed by atoms with van der Waals surface area (Å²) in [5.41, 5.74) is 0.922. The molecule has 0 radical (unpaired) electrons. The normalized spacial score (nSPS) is 10.1. The Morgan fingerprint density at radius 1 is 1.05 bits per heavy atom. The van der Waals surface area contributed by atoms with E-state index in [1.54, 1.807) is 42.5 Å². The maximum absolute atomic E-state index is 12.0. The molecule has 2 aromatic rings. The molecule has 22 heavy (non-hydrogen) atoms. The quantitative estimate of drug-likeness (QED) is 0.414. The lowest BCUT2D eigenvalue weighted by Crippen LogP contribution is -2.14. The molecule has 0 amide bonds. The van der Waals surface area contributed by atoms with E-state index in [9.17, 15) is 9.59 Å². The zero-order valence-corrected chi connectivity index (χ0v) is 14.2. The molecule has 0 saturated carbocycles. The van der Waals surface area contributed by atoms with Crippen molar-refractivity contribution in [2.75, 3.05) is 13.2 Å². The summed E-state index contributed by atoms with van der Waals surface area (Å²) in [7, 11) is 0. The number of Topliss-reactive ketones (excluding diaryl/α,β-unsaturated/α-hetero) is 1. The first-order valence-electron chi connectivity index (χ1n) is 6.79.